The lowest BCUT2D eigenvalue weighted by Gasteiger charge is -2.16. The molecule has 0 amide bonds. The zero-order chi connectivity index (χ0) is 14.8. The predicted molar refractivity (Wildman–Crippen MR) is 86.7 cm³/mol. The second-order valence-corrected chi connectivity index (χ2v) is 6.60. The Bertz CT molecular complexity index is 613. The minimum atomic E-state index is 0.655. The van der Waals surface area contributed by atoms with Crippen LogP contribution in [0, 0.1) is 0 Å². The molecule has 1 aromatic carbocycles. The van der Waals surface area contributed by atoms with E-state index in [1.807, 2.05) is 0 Å². The van der Waals surface area contributed by atoms with E-state index in [9.17, 15) is 0 Å². The van der Waals surface area contributed by atoms with Crippen LogP contribution in [0.15, 0.2) is 30.3 Å². The molecule has 1 saturated heterocycles. The highest BCUT2D eigenvalue weighted by Gasteiger charge is 2.22. The normalized spacial score (nSPS) is 22.5. The molecule has 1 unspecified atom stereocenters. The van der Waals surface area contributed by atoms with E-state index in [0.717, 1.165) is 19.5 Å². The van der Waals surface area contributed by atoms with Gasteiger partial charge in [-0.15, -0.1) is 10.2 Å². The summed E-state index contributed by atoms with van der Waals surface area (Å²) in [7, 11) is 0. The van der Waals surface area contributed by atoms with E-state index in [0.29, 0.717) is 5.92 Å². The number of aryl methyl sites for hydroxylation is 1. The molecule has 0 N–H and O–H groups in total. The van der Waals surface area contributed by atoms with Gasteiger partial charge in [0.1, 0.15) is 11.6 Å². The lowest BCUT2D eigenvalue weighted by atomic mass is 9.92. The maximum absolute atomic E-state index is 4.47. The van der Waals surface area contributed by atoms with Crippen LogP contribution in [0.5, 0.6) is 0 Å². The van der Waals surface area contributed by atoms with E-state index in [4.69, 9.17) is 0 Å². The third-order valence-electron chi connectivity index (χ3n) is 5.16. The first-order valence-corrected chi connectivity index (χ1v) is 8.58. The van der Waals surface area contributed by atoms with Crippen molar-refractivity contribution in [2.45, 2.75) is 51.1 Å². The Labute approximate surface area is 132 Å². The van der Waals surface area contributed by atoms with Crippen LogP contribution in [0.1, 0.15) is 48.8 Å². The zero-order valence-electron chi connectivity index (χ0n) is 13.1. The molecule has 4 heteroatoms. The average molecular weight is 296 g/mol. The fourth-order valence-corrected chi connectivity index (χ4v) is 3.86. The van der Waals surface area contributed by atoms with Crippen LogP contribution < -0.4 is 0 Å². The Balaban J connectivity index is 1.49. The Hall–Kier alpha value is -1.68. The van der Waals surface area contributed by atoms with Gasteiger partial charge in [-0.1, -0.05) is 30.3 Å². The highest BCUT2D eigenvalue weighted by Crippen LogP contribution is 2.29. The van der Waals surface area contributed by atoms with Gasteiger partial charge in [-0.25, -0.2) is 0 Å². The molecule has 0 spiro atoms. The van der Waals surface area contributed by atoms with Gasteiger partial charge in [0, 0.05) is 13.0 Å². The van der Waals surface area contributed by atoms with Gasteiger partial charge in [-0.2, -0.15) is 0 Å². The molecule has 1 atom stereocenters. The topological polar surface area (TPSA) is 34.0 Å². The summed E-state index contributed by atoms with van der Waals surface area (Å²) in [4.78, 5) is 2.51. The van der Waals surface area contributed by atoms with Crippen LogP contribution >= 0.6 is 0 Å². The number of hydrogen-bond donors (Lipinski definition) is 0. The van der Waals surface area contributed by atoms with Crippen molar-refractivity contribution >= 4 is 0 Å². The second kappa shape index (κ2) is 6.21. The van der Waals surface area contributed by atoms with Gasteiger partial charge in [-0.05, 0) is 50.3 Å². The summed E-state index contributed by atoms with van der Waals surface area (Å²) in [5.41, 5.74) is 1.47. The summed E-state index contributed by atoms with van der Waals surface area (Å²) in [6.07, 6.45) is 6.09. The lowest BCUT2D eigenvalue weighted by molar-refractivity contribution is 0.315. The average Bonchev–Trinajstić information content (AvgIpc) is 3.15. The van der Waals surface area contributed by atoms with Gasteiger partial charge >= 0.3 is 0 Å². The number of aromatic nitrogens is 3. The van der Waals surface area contributed by atoms with Crippen molar-refractivity contribution < 1.29 is 0 Å². The molecule has 4 nitrogen and oxygen atoms in total. The van der Waals surface area contributed by atoms with Crippen LogP contribution in [0.4, 0.5) is 0 Å². The molecule has 2 aromatic rings. The third-order valence-corrected chi connectivity index (χ3v) is 5.16. The largest absolute Gasteiger partial charge is 0.314 e. The monoisotopic (exact) mass is 296 g/mol. The molecule has 4 rings (SSSR count). The first-order valence-electron chi connectivity index (χ1n) is 8.58. The Morgan fingerprint density at radius 3 is 2.59 bits per heavy atom. The van der Waals surface area contributed by atoms with Gasteiger partial charge in [0.05, 0.1) is 6.54 Å². The molecular formula is C18H24N4. The molecule has 0 saturated carbocycles. The molecule has 1 aromatic heterocycles. The van der Waals surface area contributed by atoms with Crippen molar-refractivity contribution in [2.24, 2.45) is 0 Å². The van der Waals surface area contributed by atoms with Crippen molar-refractivity contribution in [3.05, 3.63) is 47.5 Å². The predicted octanol–water partition coefficient (Wildman–Crippen LogP) is 2.99. The number of hydrogen-bond acceptors (Lipinski definition) is 3. The Kier molecular flexibility index (Phi) is 3.94. The molecule has 2 aliphatic rings. The van der Waals surface area contributed by atoms with Crippen LogP contribution in [0.2, 0.25) is 0 Å². The fraction of sp³-hybridized carbons (Fsp3) is 0.556. The molecule has 0 radical (unpaired) electrons. The van der Waals surface area contributed by atoms with Crippen LogP contribution in [-0.4, -0.2) is 32.8 Å². The molecule has 22 heavy (non-hydrogen) atoms. The van der Waals surface area contributed by atoms with Crippen LogP contribution in [0.25, 0.3) is 0 Å². The third kappa shape index (κ3) is 2.80. The van der Waals surface area contributed by atoms with E-state index < -0.39 is 0 Å². The number of likely N-dealkylation sites (tertiary alicyclic amines) is 1. The highest BCUT2D eigenvalue weighted by atomic mass is 15.3. The van der Waals surface area contributed by atoms with Crippen molar-refractivity contribution in [3.8, 4) is 0 Å². The summed E-state index contributed by atoms with van der Waals surface area (Å²) in [6.45, 7) is 4.47. The van der Waals surface area contributed by atoms with Crippen LogP contribution in [0.3, 0.4) is 0 Å². The lowest BCUT2D eigenvalue weighted by Crippen LogP contribution is -2.21. The quantitative estimate of drug-likeness (QED) is 0.873. The fourth-order valence-electron chi connectivity index (χ4n) is 3.86. The Morgan fingerprint density at radius 2 is 1.77 bits per heavy atom. The summed E-state index contributed by atoms with van der Waals surface area (Å²) >= 11 is 0. The van der Waals surface area contributed by atoms with E-state index in [1.165, 1.54) is 56.0 Å². The van der Waals surface area contributed by atoms with Crippen LogP contribution in [-0.2, 0) is 19.5 Å². The zero-order valence-corrected chi connectivity index (χ0v) is 13.1. The summed E-state index contributed by atoms with van der Waals surface area (Å²) < 4.78 is 2.39. The van der Waals surface area contributed by atoms with E-state index in [2.05, 4.69) is 50.0 Å². The molecular weight excluding hydrogens is 272 g/mol. The van der Waals surface area contributed by atoms with Gasteiger partial charge in [-0.3, -0.25) is 4.90 Å². The molecule has 2 aliphatic heterocycles. The number of benzene rings is 1. The summed E-state index contributed by atoms with van der Waals surface area (Å²) in [6, 6.07) is 10.9. The van der Waals surface area contributed by atoms with Crippen molar-refractivity contribution in [1.29, 1.82) is 0 Å². The van der Waals surface area contributed by atoms with E-state index in [-0.39, 0.29) is 0 Å². The van der Waals surface area contributed by atoms with Crippen molar-refractivity contribution in [2.75, 3.05) is 13.1 Å². The van der Waals surface area contributed by atoms with Gasteiger partial charge in [0.25, 0.3) is 0 Å². The molecule has 0 aliphatic carbocycles. The molecule has 116 valence electrons. The standard InChI is InChI=1S/C18H24N4/c1-2-6-15(7-3-1)16-8-9-17-19-20-18(22(17)13-10-16)14-21-11-4-5-12-21/h1-3,6-7,16H,4-5,8-14H2. The number of nitrogens with zero attached hydrogens (tertiary/aromatic N) is 4. The first-order chi connectivity index (χ1) is 10.9. The van der Waals surface area contributed by atoms with Crippen molar-refractivity contribution in [1.82, 2.24) is 19.7 Å². The first kappa shape index (κ1) is 13.9. The summed E-state index contributed by atoms with van der Waals surface area (Å²) in [5, 5.41) is 8.95. The molecule has 0 bridgehead atoms. The smallest absolute Gasteiger partial charge is 0.147 e. The molecule has 3 heterocycles. The van der Waals surface area contributed by atoms with Gasteiger partial charge in [0.2, 0.25) is 0 Å². The SMILES string of the molecule is c1ccc(C2CCc3nnc(CN4CCCC4)n3CC2)cc1. The van der Waals surface area contributed by atoms with Gasteiger partial charge in [0.15, 0.2) is 0 Å². The maximum Gasteiger partial charge on any atom is 0.147 e. The maximum atomic E-state index is 4.47. The minimum absolute atomic E-state index is 0.655. The minimum Gasteiger partial charge on any atom is -0.314 e. The van der Waals surface area contributed by atoms with E-state index in [1.54, 1.807) is 0 Å². The van der Waals surface area contributed by atoms with Gasteiger partial charge < -0.3 is 4.57 Å². The van der Waals surface area contributed by atoms with Crippen molar-refractivity contribution in [3.63, 3.8) is 0 Å². The van der Waals surface area contributed by atoms with E-state index >= 15 is 0 Å². The Morgan fingerprint density at radius 1 is 0.955 bits per heavy atom. The molecule has 1 fully saturated rings. The number of fused-ring (bicyclic) bond motifs is 1. The number of rotatable bonds is 3. The summed E-state index contributed by atoms with van der Waals surface area (Å²) in [5.74, 6) is 3.01. The second-order valence-electron chi connectivity index (χ2n) is 6.60. The highest BCUT2D eigenvalue weighted by molar-refractivity contribution is 5.20.